The fourth-order valence-corrected chi connectivity index (χ4v) is 1.64. The predicted octanol–water partition coefficient (Wildman–Crippen LogP) is 1.19. The zero-order valence-electron chi connectivity index (χ0n) is 8.90. The standard InChI is InChI=1S/C11H12FN3O/c1-7-4-8(12)2-3-10(7)15-11(16)5-9(6-13)14-15/h2-4H,5-6,13H2,1H3. The molecule has 1 aromatic rings. The molecular formula is C11H12FN3O. The molecule has 0 radical (unpaired) electrons. The van der Waals surface area contributed by atoms with Crippen molar-refractivity contribution in [2.75, 3.05) is 11.6 Å². The second-order valence-corrected chi connectivity index (χ2v) is 3.68. The van der Waals surface area contributed by atoms with Crippen LogP contribution in [-0.4, -0.2) is 18.2 Å². The minimum Gasteiger partial charge on any atom is -0.325 e. The predicted molar refractivity (Wildman–Crippen MR) is 59.7 cm³/mol. The number of carbonyl (C=O) groups excluding carboxylic acids is 1. The van der Waals surface area contributed by atoms with Crippen LogP contribution in [0.15, 0.2) is 23.3 Å². The molecule has 0 fully saturated rings. The van der Waals surface area contributed by atoms with Crippen LogP contribution >= 0.6 is 0 Å². The Hall–Kier alpha value is -1.75. The Morgan fingerprint density at radius 2 is 2.31 bits per heavy atom. The van der Waals surface area contributed by atoms with E-state index < -0.39 is 0 Å². The minimum atomic E-state index is -0.323. The Morgan fingerprint density at radius 3 is 2.88 bits per heavy atom. The zero-order valence-corrected chi connectivity index (χ0v) is 8.90. The minimum absolute atomic E-state index is 0.129. The van der Waals surface area contributed by atoms with Gasteiger partial charge >= 0.3 is 0 Å². The van der Waals surface area contributed by atoms with Crippen molar-refractivity contribution in [1.29, 1.82) is 0 Å². The lowest BCUT2D eigenvalue weighted by Crippen LogP contribution is -2.20. The third-order valence-electron chi connectivity index (χ3n) is 2.46. The summed E-state index contributed by atoms with van der Waals surface area (Å²) in [6.45, 7) is 2.00. The number of halogens is 1. The highest BCUT2D eigenvalue weighted by Gasteiger charge is 2.25. The molecule has 0 saturated carbocycles. The molecule has 0 unspecified atom stereocenters. The summed E-state index contributed by atoms with van der Waals surface area (Å²) in [5.41, 5.74) is 7.36. The third kappa shape index (κ3) is 1.81. The number of amides is 1. The van der Waals surface area contributed by atoms with Crippen molar-refractivity contribution < 1.29 is 9.18 Å². The molecule has 1 aliphatic rings. The number of hydrazone groups is 1. The van der Waals surface area contributed by atoms with Crippen molar-refractivity contribution in [3.05, 3.63) is 29.6 Å². The molecule has 4 nitrogen and oxygen atoms in total. The van der Waals surface area contributed by atoms with Crippen molar-refractivity contribution in [2.45, 2.75) is 13.3 Å². The van der Waals surface area contributed by atoms with Crippen molar-refractivity contribution in [3.63, 3.8) is 0 Å². The van der Waals surface area contributed by atoms with Crippen molar-refractivity contribution >= 4 is 17.3 Å². The van der Waals surface area contributed by atoms with E-state index in [-0.39, 0.29) is 24.7 Å². The van der Waals surface area contributed by atoms with Crippen molar-refractivity contribution in [3.8, 4) is 0 Å². The lowest BCUT2D eigenvalue weighted by Gasteiger charge is -2.14. The number of aryl methyl sites for hydroxylation is 1. The van der Waals surface area contributed by atoms with Gasteiger partial charge in [0.15, 0.2) is 0 Å². The molecule has 0 bridgehead atoms. The Kier molecular flexibility index (Phi) is 2.70. The maximum absolute atomic E-state index is 12.9. The van der Waals surface area contributed by atoms with Crippen molar-refractivity contribution in [1.82, 2.24) is 0 Å². The van der Waals surface area contributed by atoms with Gasteiger partial charge in [0.25, 0.3) is 5.91 Å². The van der Waals surface area contributed by atoms with Gasteiger partial charge in [-0.2, -0.15) is 5.10 Å². The van der Waals surface area contributed by atoms with Crippen LogP contribution in [0.3, 0.4) is 0 Å². The second-order valence-electron chi connectivity index (χ2n) is 3.68. The molecule has 2 N–H and O–H groups in total. The molecule has 5 heteroatoms. The van der Waals surface area contributed by atoms with Gasteiger partial charge in [-0.25, -0.2) is 9.40 Å². The maximum atomic E-state index is 12.9. The summed E-state index contributed by atoms with van der Waals surface area (Å²) in [4.78, 5) is 11.6. The molecule has 16 heavy (non-hydrogen) atoms. The molecule has 0 atom stereocenters. The van der Waals surface area contributed by atoms with Gasteiger partial charge in [0, 0.05) is 6.54 Å². The van der Waals surface area contributed by atoms with Gasteiger partial charge in [0.1, 0.15) is 5.82 Å². The fourth-order valence-electron chi connectivity index (χ4n) is 1.64. The molecule has 0 aliphatic carbocycles. The molecule has 1 aliphatic heterocycles. The fraction of sp³-hybridized carbons (Fsp3) is 0.273. The molecule has 1 heterocycles. The van der Waals surface area contributed by atoms with E-state index in [9.17, 15) is 9.18 Å². The molecule has 84 valence electrons. The Labute approximate surface area is 92.5 Å². The van der Waals surface area contributed by atoms with Crippen LogP contribution in [0.25, 0.3) is 0 Å². The average Bonchev–Trinajstić information content (AvgIpc) is 2.60. The maximum Gasteiger partial charge on any atom is 0.253 e. The van der Waals surface area contributed by atoms with E-state index in [2.05, 4.69) is 5.10 Å². The smallest absolute Gasteiger partial charge is 0.253 e. The van der Waals surface area contributed by atoms with E-state index in [0.29, 0.717) is 17.0 Å². The van der Waals surface area contributed by atoms with Crippen LogP contribution < -0.4 is 10.7 Å². The van der Waals surface area contributed by atoms with Crippen LogP contribution in [0.4, 0.5) is 10.1 Å². The van der Waals surface area contributed by atoms with Crippen LogP contribution in [-0.2, 0) is 4.79 Å². The summed E-state index contributed by atoms with van der Waals surface area (Å²) in [6.07, 6.45) is 0.243. The van der Waals surface area contributed by atoms with Gasteiger partial charge in [0.05, 0.1) is 17.8 Å². The molecular weight excluding hydrogens is 209 g/mol. The van der Waals surface area contributed by atoms with E-state index in [1.165, 1.54) is 17.1 Å². The highest BCUT2D eigenvalue weighted by molar-refractivity contribution is 6.13. The number of hydrogen-bond acceptors (Lipinski definition) is 3. The lowest BCUT2D eigenvalue weighted by molar-refractivity contribution is -0.116. The quantitative estimate of drug-likeness (QED) is 0.815. The highest BCUT2D eigenvalue weighted by Crippen LogP contribution is 2.24. The number of nitrogens with two attached hydrogens (primary N) is 1. The summed E-state index contributed by atoms with van der Waals surface area (Å²) >= 11 is 0. The molecule has 1 aromatic carbocycles. The van der Waals surface area contributed by atoms with Gasteiger partial charge in [-0.05, 0) is 30.7 Å². The number of carbonyl (C=O) groups is 1. The van der Waals surface area contributed by atoms with Crippen LogP contribution in [0.5, 0.6) is 0 Å². The summed E-state index contributed by atoms with van der Waals surface area (Å²) in [5, 5.41) is 5.39. The molecule has 0 spiro atoms. The molecule has 1 amide bonds. The first-order valence-corrected chi connectivity index (χ1v) is 4.97. The van der Waals surface area contributed by atoms with Gasteiger partial charge in [0.2, 0.25) is 0 Å². The Balaban J connectivity index is 2.38. The van der Waals surface area contributed by atoms with Gasteiger partial charge < -0.3 is 5.73 Å². The molecule has 0 saturated heterocycles. The molecule has 2 rings (SSSR count). The van der Waals surface area contributed by atoms with Crippen LogP contribution in [0.1, 0.15) is 12.0 Å². The first kappa shape index (κ1) is 10.8. The van der Waals surface area contributed by atoms with Crippen LogP contribution in [0.2, 0.25) is 0 Å². The molecule has 0 aromatic heterocycles. The van der Waals surface area contributed by atoms with Crippen molar-refractivity contribution in [2.24, 2.45) is 10.8 Å². The number of nitrogens with zero attached hydrogens (tertiary/aromatic N) is 2. The first-order chi connectivity index (χ1) is 7.61. The van der Waals surface area contributed by atoms with E-state index in [1.54, 1.807) is 13.0 Å². The SMILES string of the molecule is Cc1cc(F)ccc1N1N=C(CN)CC1=O. The van der Waals surface area contributed by atoms with E-state index >= 15 is 0 Å². The monoisotopic (exact) mass is 221 g/mol. The summed E-state index contributed by atoms with van der Waals surface area (Å²) < 4.78 is 12.9. The largest absolute Gasteiger partial charge is 0.325 e. The van der Waals surface area contributed by atoms with Gasteiger partial charge in [-0.15, -0.1) is 0 Å². The van der Waals surface area contributed by atoms with Gasteiger partial charge in [-0.1, -0.05) is 0 Å². The number of benzene rings is 1. The number of hydrogen-bond donors (Lipinski definition) is 1. The van der Waals surface area contributed by atoms with E-state index in [0.717, 1.165) is 0 Å². The second kappa shape index (κ2) is 4.02. The van der Waals surface area contributed by atoms with Crippen LogP contribution in [0, 0.1) is 12.7 Å². The average molecular weight is 221 g/mol. The third-order valence-corrected chi connectivity index (χ3v) is 2.46. The van der Waals surface area contributed by atoms with Gasteiger partial charge in [-0.3, -0.25) is 4.79 Å². The Morgan fingerprint density at radius 1 is 1.56 bits per heavy atom. The summed E-state index contributed by atoms with van der Waals surface area (Å²) in [7, 11) is 0. The Bertz CT molecular complexity index is 470. The van der Waals surface area contributed by atoms with E-state index in [4.69, 9.17) is 5.73 Å². The zero-order chi connectivity index (χ0) is 11.7. The lowest BCUT2D eigenvalue weighted by atomic mass is 10.2. The summed E-state index contributed by atoms with van der Waals surface area (Å²) in [6, 6.07) is 4.23. The number of anilines is 1. The normalized spacial score (nSPS) is 15.6. The topological polar surface area (TPSA) is 58.7 Å². The number of rotatable bonds is 2. The summed E-state index contributed by atoms with van der Waals surface area (Å²) in [5.74, 6) is -0.453. The highest BCUT2D eigenvalue weighted by atomic mass is 19.1. The first-order valence-electron chi connectivity index (χ1n) is 4.97. The van der Waals surface area contributed by atoms with E-state index in [1.807, 2.05) is 0 Å².